The Morgan fingerprint density at radius 1 is 1.12 bits per heavy atom. The lowest BCUT2D eigenvalue weighted by Gasteiger charge is -2.08. The van der Waals surface area contributed by atoms with Crippen LogP contribution < -0.4 is 20.7 Å². The zero-order chi connectivity index (χ0) is 18.2. The molecule has 5 nitrogen and oxygen atoms in total. The van der Waals surface area contributed by atoms with E-state index in [9.17, 15) is 9.18 Å². The number of carbonyl (C=O) groups is 1. The van der Waals surface area contributed by atoms with Crippen LogP contribution >= 0.6 is 0 Å². The molecule has 0 aliphatic carbocycles. The van der Waals surface area contributed by atoms with E-state index in [1.165, 1.54) is 12.1 Å². The fraction of sp³-hybridized carbons (Fsp3) is 0.350. The lowest BCUT2D eigenvalue weighted by Crippen LogP contribution is -2.28. The third kappa shape index (κ3) is 5.46. The summed E-state index contributed by atoms with van der Waals surface area (Å²) < 4.78 is 18.2. The van der Waals surface area contributed by atoms with Gasteiger partial charge in [-0.15, -0.1) is 0 Å². The van der Waals surface area contributed by atoms with Gasteiger partial charge in [0.05, 0.1) is 12.2 Å². The van der Waals surface area contributed by atoms with Gasteiger partial charge in [0, 0.05) is 11.8 Å². The highest BCUT2D eigenvalue weighted by atomic mass is 19.1. The first-order valence-corrected chi connectivity index (χ1v) is 8.96. The van der Waals surface area contributed by atoms with E-state index in [-0.39, 0.29) is 18.3 Å². The molecule has 1 amide bonds. The van der Waals surface area contributed by atoms with E-state index in [1.807, 2.05) is 30.3 Å². The fourth-order valence-electron chi connectivity index (χ4n) is 2.87. The van der Waals surface area contributed by atoms with Gasteiger partial charge in [0.15, 0.2) is 6.73 Å². The molecule has 0 saturated carbocycles. The zero-order valence-electron chi connectivity index (χ0n) is 14.7. The topological polar surface area (TPSA) is 62.4 Å². The molecule has 0 atom stereocenters. The van der Waals surface area contributed by atoms with E-state index in [0.29, 0.717) is 6.73 Å². The Morgan fingerprint density at radius 2 is 1.96 bits per heavy atom. The van der Waals surface area contributed by atoms with Gasteiger partial charge < -0.3 is 20.7 Å². The van der Waals surface area contributed by atoms with Crippen LogP contribution in [-0.2, 0) is 11.2 Å². The normalized spacial score (nSPS) is 12.2. The maximum Gasteiger partial charge on any atom is 0.238 e. The van der Waals surface area contributed by atoms with Crippen LogP contribution in [0.1, 0.15) is 24.8 Å². The number of aryl methyl sites for hydroxylation is 1. The lowest BCUT2D eigenvalue weighted by atomic mass is 10.1. The van der Waals surface area contributed by atoms with Gasteiger partial charge in [-0.05, 0) is 55.6 Å². The Labute approximate surface area is 152 Å². The SMILES string of the molecule is O=C(CNCCCCCc1ccc(F)cc1)Nc1ccc2c(c1)OCN2. The minimum absolute atomic E-state index is 0.0674. The van der Waals surface area contributed by atoms with E-state index < -0.39 is 0 Å². The summed E-state index contributed by atoms with van der Waals surface area (Å²) in [5, 5.41) is 9.11. The van der Waals surface area contributed by atoms with Crippen molar-refractivity contribution >= 4 is 17.3 Å². The quantitative estimate of drug-likeness (QED) is 0.601. The molecule has 2 aromatic carbocycles. The molecule has 1 aliphatic heterocycles. The van der Waals surface area contributed by atoms with Crippen molar-refractivity contribution in [3.05, 3.63) is 53.8 Å². The molecule has 1 heterocycles. The Bertz CT molecular complexity index is 734. The van der Waals surface area contributed by atoms with Gasteiger partial charge in [-0.25, -0.2) is 4.39 Å². The highest BCUT2D eigenvalue weighted by Crippen LogP contribution is 2.31. The monoisotopic (exact) mass is 357 g/mol. The number of carbonyl (C=O) groups excluding carboxylic acids is 1. The highest BCUT2D eigenvalue weighted by molar-refractivity contribution is 5.92. The maximum absolute atomic E-state index is 12.8. The Kier molecular flexibility index (Phi) is 6.44. The largest absolute Gasteiger partial charge is 0.471 e. The van der Waals surface area contributed by atoms with Crippen molar-refractivity contribution in [2.24, 2.45) is 0 Å². The summed E-state index contributed by atoms with van der Waals surface area (Å²) in [5.41, 5.74) is 2.84. The second-order valence-corrected chi connectivity index (χ2v) is 6.34. The Balaban J connectivity index is 1.25. The van der Waals surface area contributed by atoms with Crippen LogP contribution in [0.2, 0.25) is 0 Å². The molecule has 3 N–H and O–H groups in total. The predicted molar refractivity (Wildman–Crippen MR) is 101 cm³/mol. The molecular weight excluding hydrogens is 333 g/mol. The standard InChI is InChI=1S/C20H24FN3O2/c21-16-7-5-15(6-8-16)4-2-1-3-11-22-13-20(25)24-17-9-10-18-19(12-17)26-14-23-18/h5-10,12,22-23H,1-4,11,13-14H2,(H,24,25). The van der Waals surface area contributed by atoms with Crippen LogP contribution in [0.5, 0.6) is 5.75 Å². The van der Waals surface area contributed by atoms with Crippen molar-refractivity contribution in [1.29, 1.82) is 0 Å². The van der Waals surface area contributed by atoms with Gasteiger partial charge in [-0.3, -0.25) is 4.79 Å². The smallest absolute Gasteiger partial charge is 0.238 e. The molecule has 6 heteroatoms. The summed E-state index contributed by atoms with van der Waals surface area (Å²) in [4.78, 5) is 12.0. The second kappa shape index (κ2) is 9.20. The average molecular weight is 357 g/mol. The molecule has 0 unspecified atom stereocenters. The number of nitrogens with one attached hydrogen (secondary N) is 3. The number of halogens is 1. The number of benzene rings is 2. The van der Waals surface area contributed by atoms with Crippen molar-refractivity contribution in [2.75, 3.05) is 30.5 Å². The Hall–Kier alpha value is -2.60. The van der Waals surface area contributed by atoms with E-state index in [2.05, 4.69) is 16.0 Å². The van der Waals surface area contributed by atoms with Gasteiger partial charge in [0.1, 0.15) is 11.6 Å². The molecule has 2 aromatic rings. The van der Waals surface area contributed by atoms with Gasteiger partial charge in [0.2, 0.25) is 5.91 Å². The lowest BCUT2D eigenvalue weighted by molar-refractivity contribution is -0.115. The van der Waals surface area contributed by atoms with Gasteiger partial charge >= 0.3 is 0 Å². The molecular formula is C20H24FN3O2. The van der Waals surface area contributed by atoms with Crippen molar-refractivity contribution in [1.82, 2.24) is 5.32 Å². The number of unbranched alkanes of at least 4 members (excludes halogenated alkanes) is 2. The summed E-state index contributed by atoms with van der Waals surface area (Å²) in [5.74, 6) is 0.499. The van der Waals surface area contributed by atoms with Crippen molar-refractivity contribution in [3.8, 4) is 5.75 Å². The molecule has 0 saturated heterocycles. The van der Waals surface area contributed by atoms with E-state index in [0.717, 1.165) is 54.9 Å². The summed E-state index contributed by atoms with van der Waals surface area (Å²) in [6.45, 7) is 1.55. The van der Waals surface area contributed by atoms with E-state index >= 15 is 0 Å². The number of hydrogen-bond acceptors (Lipinski definition) is 4. The average Bonchev–Trinajstić information content (AvgIpc) is 3.10. The van der Waals surface area contributed by atoms with Crippen molar-refractivity contribution in [3.63, 3.8) is 0 Å². The molecule has 0 fully saturated rings. The summed E-state index contributed by atoms with van der Waals surface area (Å²) >= 11 is 0. The molecule has 0 spiro atoms. The van der Waals surface area contributed by atoms with Crippen molar-refractivity contribution in [2.45, 2.75) is 25.7 Å². The maximum atomic E-state index is 12.8. The van der Waals surface area contributed by atoms with E-state index in [1.54, 1.807) is 0 Å². The third-order valence-electron chi connectivity index (χ3n) is 4.27. The van der Waals surface area contributed by atoms with Gasteiger partial charge in [-0.2, -0.15) is 0 Å². The van der Waals surface area contributed by atoms with Crippen LogP contribution in [0, 0.1) is 5.82 Å². The van der Waals surface area contributed by atoms with Crippen LogP contribution in [0.3, 0.4) is 0 Å². The first kappa shape index (κ1) is 18.2. The fourth-order valence-corrected chi connectivity index (χ4v) is 2.87. The van der Waals surface area contributed by atoms with Crippen LogP contribution in [-0.4, -0.2) is 25.7 Å². The minimum Gasteiger partial charge on any atom is -0.471 e. The third-order valence-corrected chi connectivity index (χ3v) is 4.27. The number of ether oxygens (including phenoxy) is 1. The van der Waals surface area contributed by atoms with E-state index in [4.69, 9.17) is 4.74 Å². The second-order valence-electron chi connectivity index (χ2n) is 6.34. The number of anilines is 2. The molecule has 1 aliphatic rings. The summed E-state index contributed by atoms with van der Waals surface area (Å²) in [6.07, 6.45) is 4.09. The molecule has 0 bridgehead atoms. The van der Waals surface area contributed by atoms with Crippen LogP contribution in [0.25, 0.3) is 0 Å². The first-order valence-electron chi connectivity index (χ1n) is 8.96. The first-order chi connectivity index (χ1) is 12.7. The number of hydrogen-bond donors (Lipinski definition) is 3. The summed E-state index contributed by atoms with van der Waals surface area (Å²) in [6, 6.07) is 12.2. The van der Waals surface area contributed by atoms with Gasteiger partial charge in [-0.1, -0.05) is 18.6 Å². The van der Waals surface area contributed by atoms with Crippen molar-refractivity contribution < 1.29 is 13.9 Å². The van der Waals surface area contributed by atoms with Crippen LogP contribution in [0.4, 0.5) is 15.8 Å². The number of fused-ring (bicyclic) bond motifs is 1. The predicted octanol–water partition coefficient (Wildman–Crippen LogP) is 3.53. The van der Waals surface area contributed by atoms with Gasteiger partial charge in [0.25, 0.3) is 0 Å². The summed E-state index contributed by atoms with van der Waals surface area (Å²) in [7, 11) is 0. The highest BCUT2D eigenvalue weighted by Gasteiger charge is 2.12. The van der Waals surface area contributed by atoms with Crippen LogP contribution in [0.15, 0.2) is 42.5 Å². The molecule has 26 heavy (non-hydrogen) atoms. The minimum atomic E-state index is -0.194. The number of rotatable bonds is 9. The Morgan fingerprint density at radius 3 is 2.81 bits per heavy atom. The molecule has 3 rings (SSSR count). The number of amides is 1. The molecule has 0 radical (unpaired) electrons. The molecule has 0 aromatic heterocycles. The molecule has 138 valence electrons. The zero-order valence-corrected chi connectivity index (χ0v) is 14.7.